The minimum atomic E-state index is 0.713. The molecule has 1 aromatic rings. The molecule has 100 valence electrons. The molecule has 1 atom stereocenters. The van der Waals surface area contributed by atoms with E-state index in [1.807, 2.05) is 12.1 Å². The molecule has 1 unspecified atom stereocenters. The van der Waals surface area contributed by atoms with Gasteiger partial charge in [-0.2, -0.15) is 0 Å². The van der Waals surface area contributed by atoms with Crippen LogP contribution < -0.4 is 5.32 Å². The summed E-state index contributed by atoms with van der Waals surface area (Å²) >= 11 is 12.0. The number of nitrogens with zero attached hydrogens (tertiary/aromatic N) is 1. The van der Waals surface area contributed by atoms with Crippen molar-refractivity contribution in [3.63, 3.8) is 0 Å². The third-order valence-electron chi connectivity index (χ3n) is 3.34. The van der Waals surface area contributed by atoms with E-state index in [1.54, 1.807) is 6.07 Å². The average Bonchev–Trinajstić information content (AvgIpc) is 2.28. The van der Waals surface area contributed by atoms with E-state index in [-0.39, 0.29) is 0 Å². The van der Waals surface area contributed by atoms with E-state index >= 15 is 0 Å². The molecule has 1 aliphatic rings. The lowest BCUT2D eigenvalue weighted by molar-refractivity contribution is 0.237. The van der Waals surface area contributed by atoms with Crippen LogP contribution in [0.4, 0.5) is 0 Å². The smallest absolute Gasteiger partial charge is 0.0424 e. The maximum atomic E-state index is 6.01. The number of rotatable bonds is 4. The predicted molar refractivity (Wildman–Crippen MR) is 78.4 cm³/mol. The molecular formula is C14H20Cl2N2. The Labute approximate surface area is 119 Å². The van der Waals surface area contributed by atoms with Gasteiger partial charge in [-0.05, 0) is 62.7 Å². The fourth-order valence-corrected chi connectivity index (χ4v) is 3.17. The van der Waals surface area contributed by atoms with Gasteiger partial charge >= 0.3 is 0 Å². The molecule has 0 bridgehead atoms. The molecule has 2 nitrogen and oxygen atoms in total. The van der Waals surface area contributed by atoms with Gasteiger partial charge in [0, 0.05) is 23.1 Å². The summed E-state index contributed by atoms with van der Waals surface area (Å²) in [5.41, 5.74) is 1.18. The van der Waals surface area contributed by atoms with Gasteiger partial charge < -0.3 is 10.2 Å². The molecule has 1 aromatic carbocycles. The van der Waals surface area contributed by atoms with E-state index in [0.717, 1.165) is 25.6 Å². The second kappa shape index (κ2) is 6.76. The summed E-state index contributed by atoms with van der Waals surface area (Å²) in [6.45, 7) is 4.33. The minimum absolute atomic E-state index is 0.713. The van der Waals surface area contributed by atoms with Crippen molar-refractivity contribution < 1.29 is 0 Å². The second-order valence-electron chi connectivity index (χ2n) is 5.19. The summed E-state index contributed by atoms with van der Waals surface area (Å²) in [4.78, 5) is 2.35. The highest BCUT2D eigenvalue weighted by atomic mass is 35.5. The number of piperidine rings is 1. The number of nitrogens with one attached hydrogen (secondary N) is 1. The van der Waals surface area contributed by atoms with E-state index in [0.29, 0.717) is 10.0 Å². The first-order valence-corrected chi connectivity index (χ1v) is 7.23. The molecular weight excluding hydrogens is 267 g/mol. The first-order chi connectivity index (χ1) is 8.63. The van der Waals surface area contributed by atoms with Crippen LogP contribution >= 0.6 is 23.2 Å². The van der Waals surface area contributed by atoms with Crippen molar-refractivity contribution in [1.82, 2.24) is 10.2 Å². The van der Waals surface area contributed by atoms with Crippen molar-refractivity contribution in [3.05, 3.63) is 33.8 Å². The molecule has 1 N–H and O–H groups in total. The second-order valence-corrected chi connectivity index (χ2v) is 6.06. The monoisotopic (exact) mass is 286 g/mol. The predicted octanol–water partition coefficient (Wildman–Crippen LogP) is 3.42. The molecule has 1 fully saturated rings. The molecule has 0 aromatic heterocycles. The van der Waals surface area contributed by atoms with Gasteiger partial charge in [0.15, 0.2) is 0 Å². The Kier molecular flexibility index (Phi) is 5.31. The molecule has 1 heterocycles. The highest BCUT2D eigenvalue weighted by Crippen LogP contribution is 2.20. The van der Waals surface area contributed by atoms with Crippen LogP contribution in [0.2, 0.25) is 10.0 Å². The molecule has 0 spiro atoms. The van der Waals surface area contributed by atoms with Crippen molar-refractivity contribution in [2.24, 2.45) is 5.92 Å². The van der Waals surface area contributed by atoms with Gasteiger partial charge in [-0.3, -0.25) is 0 Å². The standard InChI is InChI=1S/C14H20Cl2N2/c1-18(9-11-3-2-4-17-8-11)10-12-5-13(15)7-14(16)6-12/h5-7,11,17H,2-4,8-10H2,1H3. The zero-order valence-corrected chi connectivity index (χ0v) is 12.3. The van der Waals surface area contributed by atoms with Crippen LogP contribution in [0.15, 0.2) is 18.2 Å². The van der Waals surface area contributed by atoms with Gasteiger partial charge in [-0.25, -0.2) is 0 Å². The SMILES string of the molecule is CN(Cc1cc(Cl)cc(Cl)c1)CC1CCCNC1. The van der Waals surface area contributed by atoms with Crippen molar-refractivity contribution in [1.29, 1.82) is 0 Å². The molecule has 0 aliphatic carbocycles. The summed E-state index contributed by atoms with van der Waals surface area (Å²) in [6, 6.07) is 5.75. The van der Waals surface area contributed by atoms with E-state index < -0.39 is 0 Å². The third-order valence-corrected chi connectivity index (χ3v) is 3.78. The lowest BCUT2D eigenvalue weighted by Crippen LogP contribution is -2.36. The molecule has 0 amide bonds. The zero-order chi connectivity index (χ0) is 13.0. The Balaban J connectivity index is 1.87. The van der Waals surface area contributed by atoms with E-state index in [2.05, 4.69) is 17.3 Å². The van der Waals surface area contributed by atoms with Crippen LogP contribution in [0.25, 0.3) is 0 Å². The van der Waals surface area contributed by atoms with Crippen LogP contribution in [-0.4, -0.2) is 31.6 Å². The Morgan fingerprint density at radius 3 is 2.61 bits per heavy atom. The first-order valence-electron chi connectivity index (χ1n) is 6.48. The molecule has 0 saturated carbocycles. The normalized spacial score (nSPS) is 20.3. The summed E-state index contributed by atoms with van der Waals surface area (Å²) < 4.78 is 0. The Morgan fingerprint density at radius 1 is 1.28 bits per heavy atom. The van der Waals surface area contributed by atoms with Gasteiger partial charge in [-0.15, -0.1) is 0 Å². The van der Waals surface area contributed by atoms with Gasteiger partial charge in [0.1, 0.15) is 0 Å². The fraction of sp³-hybridized carbons (Fsp3) is 0.571. The molecule has 4 heteroatoms. The minimum Gasteiger partial charge on any atom is -0.316 e. The summed E-state index contributed by atoms with van der Waals surface area (Å²) in [7, 11) is 2.16. The van der Waals surface area contributed by atoms with Crippen molar-refractivity contribution in [3.8, 4) is 0 Å². The molecule has 18 heavy (non-hydrogen) atoms. The van der Waals surface area contributed by atoms with Crippen LogP contribution in [0.3, 0.4) is 0 Å². The first kappa shape index (κ1) is 14.1. The highest BCUT2D eigenvalue weighted by Gasteiger charge is 2.15. The zero-order valence-electron chi connectivity index (χ0n) is 10.8. The molecule has 0 radical (unpaired) electrons. The topological polar surface area (TPSA) is 15.3 Å². The molecule has 1 saturated heterocycles. The summed E-state index contributed by atoms with van der Waals surface area (Å²) in [6.07, 6.45) is 2.62. The van der Waals surface area contributed by atoms with Gasteiger partial charge in [0.05, 0.1) is 0 Å². The fourth-order valence-electron chi connectivity index (χ4n) is 2.60. The Bertz CT molecular complexity index is 369. The Morgan fingerprint density at radius 2 is 2.00 bits per heavy atom. The van der Waals surface area contributed by atoms with Gasteiger partial charge in [0.25, 0.3) is 0 Å². The van der Waals surface area contributed by atoms with E-state index in [1.165, 1.54) is 24.9 Å². The van der Waals surface area contributed by atoms with Crippen LogP contribution in [0.1, 0.15) is 18.4 Å². The highest BCUT2D eigenvalue weighted by molar-refractivity contribution is 6.34. The maximum Gasteiger partial charge on any atom is 0.0424 e. The lowest BCUT2D eigenvalue weighted by atomic mass is 9.99. The van der Waals surface area contributed by atoms with Crippen molar-refractivity contribution in [2.75, 3.05) is 26.7 Å². The summed E-state index contributed by atoms with van der Waals surface area (Å²) in [5.74, 6) is 0.762. The third kappa shape index (κ3) is 4.43. The van der Waals surface area contributed by atoms with Crippen molar-refractivity contribution in [2.45, 2.75) is 19.4 Å². The summed E-state index contributed by atoms with van der Waals surface area (Å²) in [5, 5.41) is 4.88. The van der Waals surface area contributed by atoms with Gasteiger partial charge in [-0.1, -0.05) is 23.2 Å². The quantitative estimate of drug-likeness (QED) is 0.912. The maximum absolute atomic E-state index is 6.01. The molecule has 2 rings (SSSR count). The van der Waals surface area contributed by atoms with E-state index in [4.69, 9.17) is 23.2 Å². The average molecular weight is 287 g/mol. The van der Waals surface area contributed by atoms with Crippen LogP contribution in [-0.2, 0) is 6.54 Å². The van der Waals surface area contributed by atoms with Crippen LogP contribution in [0.5, 0.6) is 0 Å². The van der Waals surface area contributed by atoms with E-state index in [9.17, 15) is 0 Å². The number of halogens is 2. The number of hydrogen-bond donors (Lipinski definition) is 1. The largest absolute Gasteiger partial charge is 0.316 e. The van der Waals surface area contributed by atoms with Gasteiger partial charge in [0.2, 0.25) is 0 Å². The number of hydrogen-bond acceptors (Lipinski definition) is 2. The number of benzene rings is 1. The van der Waals surface area contributed by atoms with Crippen molar-refractivity contribution >= 4 is 23.2 Å². The molecule has 1 aliphatic heterocycles. The Hall–Kier alpha value is -0.280. The van der Waals surface area contributed by atoms with Crippen LogP contribution in [0, 0.1) is 5.92 Å². The lowest BCUT2D eigenvalue weighted by Gasteiger charge is -2.27.